The highest BCUT2D eigenvalue weighted by Gasteiger charge is 2.25. The molecule has 1 aromatic rings. The second-order valence-electron chi connectivity index (χ2n) is 5.37. The van der Waals surface area contributed by atoms with Crippen molar-refractivity contribution >= 4 is 28.2 Å². The van der Waals surface area contributed by atoms with Gasteiger partial charge in [-0.1, -0.05) is 24.7 Å². The number of rotatable bonds is 5. The molecule has 1 amide bonds. The van der Waals surface area contributed by atoms with E-state index >= 15 is 0 Å². The van der Waals surface area contributed by atoms with Crippen molar-refractivity contribution in [1.82, 2.24) is 10.3 Å². The maximum atomic E-state index is 12.2. The standard InChI is InChI=1S/C13H23N5OS/c1-3-4-8(2)16-12(19)10-11(15)17-13(20-10)18-6-5-9(14)7-18/h8-9H,3-7,14-15H2,1-2H3,(H,16,19). The Morgan fingerprint density at radius 3 is 3.00 bits per heavy atom. The molecule has 0 radical (unpaired) electrons. The zero-order valence-corrected chi connectivity index (χ0v) is 12.9. The lowest BCUT2D eigenvalue weighted by Gasteiger charge is -2.13. The van der Waals surface area contributed by atoms with Crippen molar-refractivity contribution in [3.63, 3.8) is 0 Å². The summed E-state index contributed by atoms with van der Waals surface area (Å²) < 4.78 is 0. The highest BCUT2D eigenvalue weighted by Crippen LogP contribution is 2.30. The molecule has 2 heterocycles. The first-order valence-electron chi connectivity index (χ1n) is 7.09. The maximum absolute atomic E-state index is 12.2. The van der Waals surface area contributed by atoms with Crippen molar-refractivity contribution in [3.8, 4) is 0 Å². The zero-order valence-electron chi connectivity index (χ0n) is 12.1. The summed E-state index contributed by atoms with van der Waals surface area (Å²) in [5.74, 6) is 0.183. The van der Waals surface area contributed by atoms with Gasteiger partial charge < -0.3 is 21.7 Å². The van der Waals surface area contributed by atoms with Gasteiger partial charge in [0.25, 0.3) is 5.91 Å². The first kappa shape index (κ1) is 15.1. The number of nitrogens with two attached hydrogens (primary N) is 2. The molecule has 0 aromatic carbocycles. The quantitative estimate of drug-likeness (QED) is 0.758. The third kappa shape index (κ3) is 3.40. The fourth-order valence-corrected chi connectivity index (χ4v) is 3.30. The Bertz CT molecular complexity index is 475. The van der Waals surface area contributed by atoms with Gasteiger partial charge in [-0.25, -0.2) is 4.98 Å². The molecular formula is C13H23N5OS. The van der Waals surface area contributed by atoms with E-state index in [1.54, 1.807) is 0 Å². The Labute approximate surface area is 123 Å². The van der Waals surface area contributed by atoms with E-state index in [9.17, 15) is 4.79 Å². The molecule has 1 aliphatic rings. The van der Waals surface area contributed by atoms with Crippen LogP contribution < -0.4 is 21.7 Å². The third-order valence-corrected chi connectivity index (χ3v) is 4.57. The maximum Gasteiger partial charge on any atom is 0.265 e. The summed E-state index contributed by atoms with van der Waals surface area (Å²) in [7, 11) is 0. The number of thiazole rings is 1. The molecule has 0 aliphatic carbocycles. The normalized spacial score (nSPS) is 20.1. The average Bonchev–Trinajstić information content (AvgIpc) is 2.95. The molecule has 0 saturated carbocycles. The van der Waals surface area contributed by atoms with E-state index in [1.165, 1.54) is 11.3 Å². The van der Waals surface area contributed by atoms with Crippen molar-refractivity contribution < 1.29 is 4.79 Å². The number of hydrogen-bond donors (Lipinski definition) is 3. The summed E-state index contributed by atoms with van der Waals surface area (Å²) in [6, 6.07) is 0.333. The van der Waals surface area contributed by atoms with Crippen LogP contribution in [0.4, 0.5) is 10.9 Å². The molecule has 7 heteroatoms. The third-order valence-electron chi connectivity index (χ3n) is 3.44. The number of hydrogen-bond acceptors (Lipinski definition) is 6. The van der Waals surface area contributed by atoms with Gasteiger partial charge in [-0.05, 0) is 19.8 Å². The van der Waals surface area contributed by atoms with E-state index in [4.69, 9.17) is 11.5 Å². The second kappa shape index (κ2) is 6.41. The van der Waals surface area contributed by atoms with Crippen LogP contribution in [0.5, 0.6) is 0 Å². The van der Waals surface area contributed by atoms with E-state index in [1.807, 2.05) is 6.92 Å². The van der Waals surface area contributed by atoms with Gasteiger partial charge in [-0.15, -0.1) is 0 Å². The van der Waals surface area contributed by atoms with E-state index in [-0.39, 0.29) is 18.0 Å². The summed E-state index contributed by atoms with van der Waals surface area (Å²) >= 11 is 1.35. The van der Waals surface area contributed by atoms with Crippen LogP contribution in [0.15, 0.2) is 0 Å². The molecule has 1 fully saturated rings. The van der Waals surface area contributed by atoms with Crippen LogP contribution in [0.25, 0.3) is 0 Å². The first-order valence-corrected chi connectivity index (χ1v) is 7.90. The summed E-state index contributed by atoms with van der Waals surface area (Å²) in [5, 5.41) is 3.75. The molecule has 0 bridgehead atoms. The Kier molecular flexibility index (Phi) is 4.82. The monoisotopic (exact) mass is 297 g/mol. The van der Waals surface area contributed by atoms with Crippen LogP contribution >= 0.6 is 11.3 Å². The van der Waals surface area contributed by atoms with Gasteiger partial charge in [0, 0.05) is 25.2 Å². The van der Waals surface area contributed by atoms with Crippen LogP contribution in [0.2, 0.25) is 0 Å². The highest BCUT2D eigenvalue weighted by atomic mass is 32.1. The Hall–Kier alpha value is -1.34. The van der Waals surface area contributed by atoms with Crippen molar-refractivity contribution in [3.05, 3.63) is 4.88 Å². The average molecular weight is 297 g/mol. The minimum Gasteiger partial charge on any atom is -0.382 e. The van der Waals surface area contributed by atoms with Crippen LogP contribution in [0.3, 0.4) is 0 Å². The number of amides is 1. The van der Waals surface area contributed by atoms with Crippen LogP contribution in [-0.2, 0) is 0 Å². The Balaban J connectivity index is 2.05. The minimum atomic E-state index is -0.129. The van der Waals surface area contributed by atoms with Gasteiger partial charge >= 0.3 is 0 Å². The Morgan fingerprint density at radius 2 is 2.40 bits per heavy atom. The minimum absolute atomic E-state index is 0.129. The molecule has 2 atom stereocenters. The predicted octanol–water partition coefficient (Wildman–Crippen LogP) is 1.18. The predicted molar refractivity (Wildman–Crippen MR) is 83.2 cm³/mol. The van der Waals surface area contributed by atoms with Gasteiger partial charge in [0.2, 0.25) is 0 Å². The lowest BCUT2D eigenvalue weighted by Crippen LogP contribution is -2.32. The van der Waals surface area contributed by atoms with Gasteiger partial charge in [-0.2, -0.15) is 0 Å². The van der Waals surface area contributed by atoms with Crippen molar-refractivity contribution in [2.24, 2.45) is 5.73 Å². The second-order valence-corrected chi connectivity index (χ2v) is 6.35. The number of anilines is 2. The van der Waals surface area contributed by atoms with Crippen molar-refractivity contribution in [2.75, 3.05) is 23.7 Å². The van der Waals surface area contributed by atoms with Gasteiger partial charge in [0.15, 0.2) is 5.13 Å². The van der Waals surface area contributed by atoms with E-state index < -0.39 is 0 Å². The first-order chi connectivity index (χ1) is 9.51. The topological polar surface area (TPSA) is 97.3 Å². The molecule has 1 aromatic heterocycles. The highest BCUT2D eigenvalue weighted by molar-refractivity contribution is 7.18. The molecule has 112 valence electrons. The van der Waals surface area contributed by atoms with E-state index in [0.717, 1.165) is 37.5 Å². The number of nitrogen functional groups attached to an aromatic ring is 1. The van der Waals surface area contributed by atoms with Crippen LogP contribution in [0.1, 0.15) is 42.8 Å². The number of carbonyl (C=O) groups is 1. The zero-order chi connectivity index (χ0) is 14.7. The van der Waals surface area contributed by atoms with Crippen molar-refractivity contribution in [2.45, 2.75) is 45.2 Å². The largest absolute Gasteiger partial charge is 0.382 e. The molecular weight excluding hydrogens is 274 g/mol. The molecule has 2 unspecified atom stereocenters. The molecule has 1 aliphatic heterocycles. The lowest BCUT2D eigenvalue weighted by molar-refractivity contribution is 0.0943. The molecule has 20 heavy (non-hydrogen) atoms. The van der Waals surface area contributed by atoms with Gasteiger partial charge in [0.1, 0.15) is 10.7 Å². The summed E-state index contributed by atoms with van der Waals surface area (Å²) in [5.41, 5.74) is 11.8. The fraction of sp³-hybridized carbons (Fsp3) is 0.692. The number of nitrogens with one attached hydrogen (secondary N) is 1. The molecule has 2 rings (SSSR count). The summed E-state index contributed by atoms with van der Waals surface area (Å²) in [6.07, 6.45) is 2.95. The summed E-state index contributed by atoms with van der Waals surface area (Å²) in [4.78, 5) is 19.1. The molecule has 5 N–H and O–H groups in total. The van der Waals surface area contributed by atoms with E-state index in [0.29, 0.717) is 10.7 Å². The fourth-order valence-electron chi connectivity index (χ4n) is 2.37. The number of nitrogens with zero attached hydrogens (tertiary/aromatic N) is 2. The van der Waals surface area contributed by atoms with Gasteiger partial charge in [0.05, 0.1) is 0 Å². The van der Waals surface area contributed by atoms with Crippen molar-refractivity contribution in [1.29, 1.82) is 0 Å². The molecule has 1 saturated heterocycles. The SMILES string of the molecule is CCCC(C)NC(=O)c1sc(N2CCC(N)C2)nc1N. The smallest absolute Gasteiger partial charge is 0.265 e. The Morgan fingerprint density at radius 1 is 1.65 bits per heavy atom. The van der Waals surface area contributed by atoms with Crippen LogP contribution in [-0.4, -0.2) is 36.1 Å². The number of aromatic nitrogens is 1. The molecule has 0 spiro atoms. The van der Waals surface area contributed by atoms with E-state index in [2.05, 4.69) is 22.1 Å². The van der Waals surface area contributed by atoms with Gasteiger partial charge in [-0.3, -0.25) is 4.79 Å². The molecule has 6 nitrogen and oxygen atoms in total. The summed E-state index contributed by atoms with van der Waals surface area (Å²) in [6.45, 7) is 5.75. The van der Waals surface area contributed by atoms with Crippen LogP contribution in [0, 0.1) is 0 Å². The number of carbonyl (C=O) groups excluding carboxylic acids is 1. The lowest BCUT2D eigenvalue weighted by atomic mass is 10.2.